The SMILES string of the molecule is Cc1cc2cc(CNCc3c(Cl)n[nH]c3C3CC3)ccc2n1C.O=C(O)C(F)(F)F. The third-order valence-corrected chi connectivity index (χ3v) is 5.37. The zero-order chi connectivity index (χ0) is 22.1. The summed E-state index contributed by atoms with van der Waals surface area (Å²) in [5, 5.41) is 19.8. The predicted octanol–water partition coefficient (Wildman–Crippen LogP) is 4.66. The molecule has 0 amide bonds. The van der Waals surface area contributed by atoms with Crippen LogP contribution in [0.2, 0.25) is 5.15 Å². The van der Waals surface area contributed by atoms with Crippen molar-refractivity contribution >= 4 is 28.5 Å². The van der Waals surface area contributed by atoms with Gasteiger partial charge >= 0.3 is 12.1 Å². The molecule has 0 atom stereocenters. The lowest BCUT2D eigenvalue weighted by Gasteiger charge is -2.07. The quantitative estimate of drug-likeness (QED) is 0.536. The molecule has 1 fully saturated rings. The van der Waals surface area contributed by atoms with Crippen molar-refractivity contribution in [2.75, 3.05) is 0 Å². The Bertz CT molecular complexity index is 1050. The van der Waals surface area contributed by atoms with Gasteiger partial charge in [-0.15, -0.1) is 0 Å². The van der Waals surface area contributed by atoms with Gasteiger partial charge in [-0.3, -0.25) is 5.10 Å². The van der Waals surface area contributed by atoms with Gasteiger partial charge in [-0.2, -0.15) is 18.3 Å². The minimum absolute atomic E-state index is 0.605. The Morgan fingerprint density at radius 3 is 2.60 bits per heavy atom. The first-order valence-electron chi connectivity index (χ1n) is 9.36. The summed E-state index contributed by atoms with van der Waals surface area (Å²) < 4.78 is 34.0. The van der Waals surface area contributed by atoms with Gasteiger partial charge in [-0.05, 0) is 43.5 Å². The third kappa shape index (κ3) is 5.14. The number of hydrogen-bond acceptors (Lipinski definition) is 3. The number of aromatic nitrogens is 3. The molecule has 1 saturated carbocycles. The number of nitrogens with one attached hydrogen (secondary N) is 2. The minimum atomic E-state index is -5.08. The van der Waals surface area contributed by atoms with Crippen LogP contribution < -0.4 is 5.32 Å². The molecule has 6 nitrogen and oxygen atoms in total. The molecule has 0 unspecified atom stereocenters. The molecule has 0 saturated heterocycles. The maximum absolute atomic E-state index is 10.6. The second-order valence-electron chi connectivity index (χ2n) is 7.33. The molecule has 4 rings (SSSR count). The van der Waals surface area contributed by atoms with Crippen LogP contribution in [0.4, 0.5) is 13.2 Å². The van der Waals surface area contributed by atoms with Crippen molar-refractivity contribution < 1.29 is 23.1 Å². The lowest BCUT2D eigenvalue weighted by molar-refractivity contribution is -0.192. The van der Waals surface area contributed by atoms with Crippen molar-refractivity contribution in [2.24, 2.45) is 7.05 Å². The Labute approximate surface area is 176 Å². The van der Waals surface area contributed by atoms with Gasteiger partial charge in [0.25, 0.3) is 0 Å². The van der Waals surface area contributed by atoms with E-state index in [0.29, 0.717) is 11.1 Å². The van der Waals surface area contributed by atoms with Gasteiger partial charge in [0.15, 0.2) is 5.15 Å². The van der Waals surface area contributed by atoms with Gasteiger partial charge in [0.05, 0.1) is 0 Å². The summed E-state index contributed by atoms with van der Waals surface area (Å²) in [6, 6.07) is 8.87. The van der Waals surface area contributed by atoms with Crippen LogP contribution in [0.15, 0.2) is 24.3 Å². The Morgan fingerprint density at radius 1 is 1.33 bits per heavy atom. The molecule has 1 aliphatic rings. The van der Waals surface area contributed by atoms with Crippen LogP contribution in [-0.4, -0.2) is 32.0 Å². The zero-order valence-corrected chi connectivity index (χ0v) is 17.2. The highest BCUT2D eigenvalue weighted by Crippen LogP contribution is 2.41. The number of carbonyl (C=O) groups is 1. The van der Waals surface area contributed by atoms with Crippen LogP contribution in [0.25, 0.3) is 10.9 Å². The highest BCUT2D eigenvalue weighted by molar-refractivity contribution is 6.30. The van der Waals surface area contributed by atoms with Crippen LogP contribution in [0.3, 0.4) is 0 Å². The van der Waals surface area contributed by atoms with Gasteiger partial charge in [-0.25, -0.2) is 4.79 Å². The largest absolute Gasteiger partial charge is 0.490 e. The Morgan fingerprint density at radius 2 is 2.00 bits per heavy atom. The average molecular weight is 443 g/mol. The number of carboxylic acids is 1. The van der Waals surface area contributed by atoms with Crippen LogP contribution in [0.5, 0.6) is 0 Å². The molecule has 1 aromatic carbocycles. The first kappa shape index (κ1) is 22.2. The topological polar surface area (TPSA) is 82.9 Å². The highest BCUT2D eigenvalue weighted by Gasteiger charge is 2.38. The molecule has 0 bridgehead atoms. The fourth-order valence-electron chi connectivity index (χ4n) is 3.21. The number of halogens is 4. The number of nitrogens with zero attached hydrogens (tertiary/aromatic N) is 2. The van der Waals surface area contributed by atoms with Crippen molar-refractivity contribution in [1.82, 2.24) is 20.1 Å². The smallest absolute Gasteiger partial charge is 0.475 e. The number of aliphatic carboxylic acids is 1. The van der Waals surface area contributed by atoms with Crippen molar-refractivity contribution in [3.63, 3.8) is 0 Å². The fraction of sp³-hybridized carbons (Fsp3) is 0.400. The molecule has 2 heterocycles. The van der Waals surface area contributed by atoms with Crippen molar-refractivity contribution in [3.8, 4) is 0 Å². The Balaban J connectivity index is 0.000000318. The Hall–Kier alpha value is -2.52. The molecule has 3 N–H and O–H groups in total. The number of carboxylic acid groups (broad SMARTS) is 1. The summed E-state index contributed by atoms with van der Waals surface area (Å²) >= 11 is 6.21. The van der Waals surface area contributed by atoms with E-state index in [2.05, 4.69) is 58.3 Å². The molecule has 0 spiro atoms. The third-order valence-electron chi connectivity index (χ3n) is 5.05. The predicted molar refractivity (Wildman–Crippen MR) is 107 cm³/mol. The van der Waals surface area contributed by atoms with Gasteiger partial charge in [0.1, 0.15) is 0 Å². The molecule has 30 heavy (non-hydrogen) atoms. The summed E-state index contributed by atoms with van der Waals surface area (Å²) in [7, 11) is 2.11. The first-order chi connectivity index (χ1) is 14.1. The Kier molecular flexibility index (Phi) is 6.42. The van der Waals surface area contributed by atoms with E-state index in [4.69, 9.17) is 21.5 Å². The van der Waals surface area contributed by atoms with E-state index in [1.54, 1.807) is 0 Å². The standard InChI is InChI=1S/C18H21ClN4.C2HF3O2/c1-11-7-14-8-12(3-6-16(14)23(11)2)9-20-10-15-17(13-4-5-13)21-22-18(15)19;3-2(4,5)1(6)7/h3,6-8,13,20H,4-5,9-10H2,1-2H3,(H,21,22);(H,6,7). The molecule has 3 aromatic rings. The fourth-order valence-corrected chi connectivity index (χ4v) is 3.42. The number of alkyl halides is 3. The van der Waals surface area contributed by atoms with Crippen LogP contribution >= 0.6 is 11.6 Å². The molecule has 0 radical (unpaired) electrons. The first-order valence-corrected chi connectivity index (χ1v) is 9.74. The molecular formula is C20H22ClF3N4O2. The molecule has 162 valence electrons. The van der Waals surface area contributed by atoms with Gasteiger partial charge < -0.3 is 15.0 Å². The summed E-state index contributed by atoms with van der Waals surface area (Å²) in [5.41, 5.74) is 6.20. The summed E-state index contributed by atoms with van der Waals surface area (Å²) in [6.07, 6.45) is -2.59. The number of H-pyrrole nitrogens is 1. The molecule has 2 aromatic heterocycles. The summed E-state index contributed by atoms with van der Waals surface area (Å²) in [4.78, 5) is 8.90. The molecule has 0 aliphatic heterocycles. The summed E-state index contributed by atoms with van der Waals surface area (Å²) in [5.74, 6) is -2.12. The van der Waals surface area contributed by atoms with E-state index in [9.17, 15) is 13.2 Å². The lowest BCUT2D eigenvalue weighted by atomic mass is 10.1. The van der Waals surface area contributed by atoms with Crippen LogP contribution in [0, 0.1) is 6.92 Å². The van der Waals surface area contributed by atoms with E-state index in [-0.39, 0.29) is 0 Å². The van der Waals surface area contributed by atoms with E-state index in [1.165, 1.54) is 40.7 Å². The minimum Gasteiger partial charge on any atom is -0.475 e. The normalized spacial score (nSPS) is 13.9. The van der Waals surface area contributed by atoms with E-state index in [1.807, 2.05) is 0 Å². The number of aryl methyl sites for hydroxylation is 2. The highest BCUT2D eigenvalue weighted by atomic mass is 35.5. The number of fused-ring (bicyclic) bond motifs is 1. The second kappa shape index (κ2) is 8.69. The second-order valence-corrected chi connectivity index (χ2v) is 7.68. The average Bonchev–Trinajstić information content (AvgIpc) is 3.39. The van der Waals surface area contributed by atoms with Crippen LogP contribution in [-0.2, 0) is 24.9 Å². The van der Waals surface area contributed by atoms with E-state index in [0.717, 1.165) is 18.7 Å². The number of benzene rings is 1. The zero-order valence-electron chi connectivity index (χ0n) is 16.5. The molecular weight excluding hydrogens is 421 g/mol. The van der Waals surface area contributed by atoms with Gasteiger partial charge in [-0.1, -0.05) is 17.7 Å². The number of hydrogen-bond donors (Lipinski definition) is 3. The van der Waals surface area contributed by atoms with E-state index < -0.39 is 12.1 Å². The molecule has 10 heteroatoms. The maximum atomic E-state index is 10.6. The number of rotatable bonds is 5. The van der Waals surface area contributed by atoms with Crippen LogP contribution in [0.1, 0.15) is 41.3 Å². The lowest BCUT2D eigenvalue weighted by Crippen LogP contribution is -2.21. The van der Waals surface area contributed by atoms with Gasteiger partial charge in [0.2, 0.25) is 0 Å². The monoisotopic (exact) mass is 442 g/mol. The van der Waals surface area contributed by atoms with Gasteiger partial charge in [0, 0.05) is 53.9 Å². The van der Waals surface area contributed by atoms with Crippen molar-refractivity contribution in [3.05, 3.63) is 51.9 Å². The van der Waals surface area contributed by atoms with Crippen molar-refractivity contribution in [2.45, 2.75) is 44.9 Å². The summed E-state index contributed by atoms with van der Waals surface area (Å²) in [6.45, 7) is 3.72. The maximum Gasteiger partial charge on any atom is 0.490 e. The molecule has 1 aliphatic carbocycles. The van der Waals surface area contributed by atoms with Crippen molar-refractivity contribution in [1.29, 1.82) is 0 Å². The number of aromatic amines is 1. The van der Waals surface area contributed by atoms with E-state index >= 15 is 0 Å².